The summed E-state index contributed by atoms with van der Waals surface area (Å²) in [4.78, 5) is 2.44. The Morgan fingerprint density at radius 1 is 1.21 bits per heavy atom. The molecule has 19 heavy (non-hydrogen) atoms. The van der Waals surface area contributed by atoms with E-state index in [1.807, 2.05) is 6.54 Å². The first-order chi connectivity index (χ1) is 9.07. The van der Waals surface area contributed by atoms with Crippen LogP contribution in [0.3, 0.4) is 0 Å². The van der Waals surface area contributed by atoms with Gasteiger partial charge in [0.2, 0.25) is 10.0 Å². The van der Waals surface area contributed by atoms with Crippen LogP contribution in [0, 0.1) is 6.54 Å². The molecule has 0 N–H and O–H groups in total. The lowest BCUT2D eigenvalue weighted by molar-refractivity contribution is 0.243. The fourth-order valence-corrected chi connectivity index (χ4v) is 3.39. The highest BCUT2D eigenvalue weighted by Crippen LogP contribution is 2.21. The molecule has 1 aliphatic rings. The molecule has 0 amide bonds. The lowest BCUT2D eigenvalue weighted by atomic mass is 10.3. The van der Waals surface area contributed by atoms with Crippen LogP contribution in [-0.2, 0) is 10.0 Å². The van der Waals surface area contributed by atoms with E-state index < -0.39 is 10.0 Å². The molecule has 1 fully saturated rings. The Morgan fingerprint density at radius 3 is 2.37 bits per heavy atom. The fourth-order valence-electron chi connectivity index (χ4n) is 2.03. The summed E-state index contributed by atoms with van der Waals surface area (Å²) in [6, 6.07) is 6.50. The molecule has 105 valence electrons. The van der Waals surface area contributed by atoms with Gasteiger partial charge in [0.25, 0.3) is 0 Å². The van der Waals surface area contributed by atoms with Gasteiger partial charge in [0.15, 0.2) is 0 Å². The Hall–Kier alpha value is -1.11. The molecule has 1 heterocycles. The molecule has 1 saturated heterocycles. The normalized spacial score (nSPS) is 18.4. The number of likely N-dealkylation sites (N-methyl/N-ethyl adjacent to an activating group) is 1. The van der Waals surface area contributed by atoms with Crippen LogP contribution >= 0.6 is 0 Å². The molecule has 0 unspecified atom stereocenters. The molecule has 5 nitrogen and oxygen atoms in total. The molecule has 1 aromatic carbocycles. The van der Waals surface area contributed by atoms with Gasteiger partial charge in [-0.3, -0.25) is 4.90 Å². The van der Waals surface area contributed by atoms with Crippen LogP contribution in [0.2, 0.25) is 0 Å². The zero-order valence-corrected chi connectivity index (χ0v) is 12.1. The molecule has 1 aliphatic heterocycles. The van der Waals surface area contributed by atoms with Gasteiger partial charge in [-0.15, -0.1) is 0 Å². The van der Waals surface area contributed by atoms with Gasteiger partial charge in [-0.2, -0.15) is 4.31 Å². The maximum atomic E-state index is 12.4. The van der Waals surface area contributed by atoms with Crippen molar-refractivity contribution in [1.29, 1.82) is 0 Å². The fraction of sp³-hybridized carbons (Fsp3) is 0.462. The molecule has 1 radical (unpaired) electrons. The summed E-state index contributed by atoms with van der Waals surface area (Å²) in [6.45, 7) is 6.61. The quantitative estimate of drug-likeness (QED) is 0.832. The van der Waals surface area contributed by atoms with Crippen molar-refractivity contribution in [1.82, 2.24) is 9.21 Å². The zero-order valence-electron chi connectivity index (χ0n) is 11.2. The molecule has 0 saturated carbocycles. The largest absolute Gasteiger partial charge is 0.497 e. The number of methoxy groups -OCH3 is 1. The van der Waals surface area contributed by atoms with E-state index in [4.69, 9.17) is 4.74 Å². The third-order valence-electron chi connectivity index (χ3n) is 3.28. The Bertz CT molecular complexity index is 505. The second-order valence-corrected chi connectivity index (χ2v) is 6.29. The van der Waals surface area contributed by atoms with Gasteiger partial charge in [-0.25, -0.2) is 8.42 Å². The van der Waals surface area contributed by atoms with Crippen molar-refractivity contribution in [2.45, 2.75) is 11.8 Å². The number of benzene rings is 1. The first-order valence-corrected chi connectivity index (χ1v) is 7.73. The van der Waals surface area contributed by atoms with Gasteiger partial charge >= 0.3 is 0 Å². The summed E-state index contributed by atoms with van der Waals surface area (Å²) in [6.07, 6.45) is 0. The molecule has 0 aromatic heterocycles. The van der Waals surface area contributed by atoms with E-state index in [1.165, 1.54) is 4.31 Å². The highest BCUT2D eigenvalue weighted by atomic mass is 32.2. The van der Waals surface area contributed by atoms with Gasteiger partial charge in [0, 0.05) is 26.2 Å². The van der Waals surface area contributed by atoms with E-state index in [2.05, 4.69) is 11.8 Å². The average molecular weight is 283 g/mol. The summed E-state index contributed by atoms with van der Waals surface area (Å²) in [5.74, 6) is 0.654. The minimum absolute atomic E-state index is 0.312. The average Bonchev–Trinajstić information content (AvgIpc) is 2.47. The highest BCUT2D eigenvalue weighted by Gasteiger charge is 2.28. The van der Waals surface area contributed by atoms with Crippen LogP contribution in [0.1, 0.15) is 6.92 Å². The zero-order chi connectivity index (χ0) is 13.9. The standard InChI is InChI=1S/C13H19N2O3S/c1-3-14-8-10-15(11-9-14)19(16,17)13-6-4-12(18-2)5-7-13/h4-8H,3,9-11H2,1-2H3. The van der Waals surface area contributed by atoms with E-state index in [9.17, 15) is 8.42 Å². The lowest BCUT2D eigenvalue weighted by Crippen LogP contribution is -2.45. The first-order valence-electron chi connectivity index (χ1n) is 6.29. The minimum Gasteiger partial charge on any atom is -0.497 e. The van der Waals surface area contributed by atoms with Crippen LogP contribution in [-0.4, -0.2) is 50.9 Å². The first kappa shape index (κ1) is 14.3. The number of ether oxygens (including phenoxy) is 1. The molecular weight excluding hydrogens is 264 g/mol. The van der Waals surface area contributed by atoms with E-state index in [0.29, 0.717) is 23.7 Å². The molecule has 0 aliphatic carbocycles. The van der Waals surface area contributed by atoms with Crippen LogP contribution in [0.5, 0.6) is 5.75 Å². The topological polar surface area (TPSA) is 49.9 Å². The van der Waals surface area contributed by atoms with E-state index in [0.717, 1.165) is 13.1 Å². The van der Waals surface area contributed by atoms with Gasteiger partial charge in [0.1, 0.15) is 5.75 Å². The van der Waals surface area contributed by atoms with Crippen LogP contribution in [0.4, 0.5) is 0 Å². The Kier molecular flexibility index (Phi) is 4.44. The number of rotatable bonds is 4. The SMILES string of the molecule is CCN1[CH]CN(S(=O)(=O)c2ccc(OC)cc2)CC1. The van der Waals surface area contributed by atoms with Gasteiger partial charge in [0.05, 0.1) is 12.0 Å². The third kappa shape index (κ3) is 3.08. The van der Waals surface area contributed by atoms with Crippen molar-refractivity contribution in [3.8, 4) is 5.75 Å². The summed E-state index contributed by atoms with van der Waals surface area (Å²) in [5.41, 5.74) is 0. The van der Waals surface area contributed by atoms with Crippen molar-refractivity contribution in [2.75, 3.05) is 33.3 Å². The van der Waals surface area contributed by atoms with Crippen molar-refractivity contribution in [3.63, 3.8) is 0 Å². The van der Waals surface area contributed by atoms with E-state index in [1.54, 1.807) is 31.4 Å². The number of hydrogen-bond donors (Lipinski definition) is 0. The van der Waals surface area contributed by atoms with Crippen LogP contribution < -0.4 is 4.74 Å². The van der Waals surface area contributed by atoms with E-state index in [-0.39, 0.29) is 0 Å². The summed E-state index contributed by atoms with van der Waals surface area (Å²) in [5, 5.41) is 0. The molecule has 2 rings (SSSR count). The summed E-state index contributed by atoms with van der Waals surface area (Å²) >= 11 is 0. The molecule has 6 heteroatoms. The molecule has 0 bridgehead atoms. The maximum Gasteiger partial charge on any atom is 0.243 e. The summed E-state index contributed by atoms with van der Waals surface area (Å²) < 4.78 is 31.4. The highest BCUT2D eigenvalue weighted by molar-refractivity contribution is 7.89. The predicted octanol–water partition coefficient (Wildman–Crippen LogP) is 1.18. The molecular formula is C13H19N2O3S. The number of hydrogen-bond acceptors (Lipinski definition) is 4. The van der Waals surface area contributed by atoms with Crippen molar-refractivity contribution >= 4 is 10.0 Å². The van der Waals surface area contributed by atoms with E-state index >= 15 is 0 Å². The smallest absolute Gasteiger partial charge is 0.243 e. The van der Waals surface area contributed by atoms with Crippen molar-refractivity contribution in [2.24, 2.45) is 0 Å². The second-order valence-electron chi connectivity index (χ2n) is 4.35. The Morgan fingerprint density at radius 2 is 1.89 bits per heavy atom. The number of nitrogens with zero attached hydrogens (tertiary/aromatic N) is 2. The Labute approximate surface area is 114 Å². The monoisotopic (exact) mass is 283 g/mol. The minimum atomic E-state index is -3.40. The molecule has 1 aromatic rings. The van der Waals surface area contributed by atoms with Crippen LogP contribution in [0.25, 0.3) is 0 Å². The maximum absolute atomic E-state index is 12.4. The molecule has 0 atom stereocenters. The Balaban J connectivity index is 2.13. The van der Waals surface area contributed by atoms with Gasteiger partial charge in [-0.05, 0) is 30.8 Å². The predicted molar refractivity (Wildman–Crippen MR) is 73.3 cm³/mol. The summed E-state index contributed by atoms with van der Waals surface area (Å²) in [7, 11) is -1.84. The second kappa shape index (κ2) is 5.90. The van der Waals surface area contributed by atoms with Crippen molar-refractivity contribution in [3.05, 3.63) is 30.8 Å². The molecule has 0 spiro atoms. The number of piperazine rings is 1. The third-order valence-corrected chi connectivity index (χ3v) is 5.16. The van der Waals surface area contributed by atoms with Crippen LogP contribution in [0.15, 0.2) is 29.2 Å². The van der Waals surface area contributed by atoms with Crippen molar-refractivity contribution < 1.29 is 13.2 Å². The van der Waals surface area contributed by atoms with Gasteiger partial charge in [-0.1, -0.05) is 6.92 Å². The lowest BCUT2D eigenvalue weighted by Gasteiger charge is -2.32. The van der Waals surface area contributed by atoms with Gasteiger partial charge < -0.3 is 4.74 Å². The number of sulfonamides is 1.